The maximum Gasteiger partial charge on any atom is 0.119 e. The number of methoxy groups -OCH3 is 1. The van der Waals surface area contributed by atoms with Gasteiger partial charge in [0.1, 0.15) is 11.5 Å². The third-order valence-electron chi connectivity index (χ3n) is 3.36. The Kier molecular flexibility index (Phi) is 2.28. The summed E-state index contributed by atoms with van der Waals surface area (Å²) in [5, 5.41) is 13.6. The van der Waals surface area contributed by atoms with Crippen LogP contribution in [0.1, 0.15) is 24.1 Å². The van der Waals surface area contributed by atoms with Crippen molar-refractivity contribution in [1.82, 2.24) is 4.98 Å². The molecule has 1 aromatic carbocycles. The van der Waals surface area contributed by atoms with E-state index in [4.69, 9.17) is 9.94 Å². The lowest BCUT2D eigenvalue weighted by molar-refractivity contribution is 0.317. The molecule has 17 heavy (non-hydrogen) atoms. The van der Waals surface area contributed by atoms with Crippen LogP contribution in [0.15, 0.2) is 23.4 Å². The van der Waals surface area contributed by atoms with Gasteiger partial charge in [-0.15, -0.1) is 0 Å². The van der Waals surface area contributed by atoms with Gasteiger partial charge < -0.3 is 14.9 Å². The summed E-state index contributed by atoms with van der Waals surface area (Å²) < 4.78 is 5.24. The quantitative estimate of drug-likeness (QED) is 0.584. The van der Waals surface area contributed by atoms with Gasteiger partial charge in [-0.3, -0.25) is 0 Å². The average Bonchev–Trinajstić information content (AvgIpc) is 2.76. The highest BCUT2D eigenvalue weighted by atomic mass is 16.5. The summed E-state index contributed by atoms with van der Waals surface area (Å²) >= 11 is 0. The van der Waals surface area contributed by atoms with Crippen molar-refractivity contribution < 1.29 is 9.94 Å². The molecule has 88 valence electrons. The first-order valence-corrected chi connectivity index (χ1v) is 5.73. The van der Waals surface area contributed by atoms with E-state index < -0.39 is 0 Å². The van der Waals surface area contributed by atoms with Crippen molar-refractivity contribution in [3.8, 4) is 5.75 Å². The summed E-state index contributed by atoms with van der Waals surface area (Å²) in [4.78, 5) is 3.32. The third kappa shape index (κ3) is 1.48. The van der Waals surface area contributed by atoms with Crippen LogP contribution in [0, 0.1) is 0 Å². The highest BCUT2D eigenvalue weighted by Gasteiger charge is 2.21. The molecular formula is C13H14N2O2. The van der Waals surface area contributed by atoms with Gasteiger partial charge in [0.15, 0.2) is 0 Å². The summed E-state index contributed by atoms with van der Waals surface area (Å²) in [5.41, 5.74) is 4.03. The molecule has 0 unspecified atom stereocenters. The number of nitrogens with zero attached hydrogens (tertiary/aromatic N) is 1. The Labute approximate surface area is 98.9 Å². The van der Waals surface area contributed by atoms with Gasteiger partial charge in [-0.2, -0.15) is 0 Å². The summed E-state index contributed by atoms with van der Waals surface area (Å²) in [6.07, 6.45) is 2.87. The molecule has 4 heteroatoms. The number of ether oxygens (including phenoxy) is 1. The SMILES string of the molecule is COc1ccc2[nH]c3c(c2c1)CCC/C3=N\O. The van der Waals surface area contributed by atoms with Gasteiger partial charge in [-0.1, -0.05) is 5.16 Å². The molecular weight excluding hydrogens is 216 g/mol. The number of rotatable bonds is 1. The topological polar surface area (TPSA) is 57.6 Å². The fourth-order valence-electron chi connectivity index (χ4n) is 2.52. The normalized spacial score (nSPS) is 17.4. The Bertz CT molecular complexity index is 599. The van der Waals surface area contributed by atoms with E-state index in [1.54, 1.807) is 7.11 Å². The summed E-state index contributed by atoms with van der Waals surface area (Å²) in [6, 6.07) is 5.96. The van der Waals surface area contributed by atoms with Gasteiger partial charge in [0.2, 0.25) is 0 Å². The standard InChI is InChI=1S/C13H14N2O2/c1-17-8-5-6-11-10(7-8)9-3-2-4-12(15-16)13(9)14-11/h5-7,14,16H,2-4H2,1H3/b15-12+. The summed E-state index contributed by atoms with van der Waals surface area (Å²) in [6.45, 7) is 0. The van der Waals surface area contributed by atoms with Crippen LogP contribution in [0.5, 0.6) is 5.75 Å². The van der Waals surface area contributed by atoms with Crippen LogP contribution >= 0.6 is 0 Å². The number of benzene rings is 1. The van der Waals surface area contributed by atoms with Gasteiger partial charge in [0.25, 0.3) is 0 Å². The van der Waals surface area contributed by atoms with E-state index in [1.165, 1.54) is 10.9 Å². The van der Waals surface area contributed by atoms with E-state index >= 15 is 0 Å². The Hall–Kier alpha value is -1.97. The monoisotopic (exact) mass is 230 g/mol. The molecule has 0 aliphatic heterocycles. The maximum atomic E-state index is 9.01. The molecule has 0 fully saturated rings. The van der Waals surface area contributed by atoms with Crippen molar-refractivity contribution in [2.75, 3.05) is 7.11 Å². The molecule has 0 radical (unpaired) electrons. The number of H-pyrrole nitrogens is 1. The lowest BCUT2D eigenvalue weighted by Gasteiger charge is -2.12. The third-order valence-corrected chi connectivity index (χ3v) is 3.36. The van der Waals surface area contributed by atoms with Crippen LogP contribution in [0.25, 0.3) is 10.9 Å². The van der Waals surface area contributed by atoms with E-state index in [2.05, 4.69) is 10.1 Å². The molecule has 2 aromatic rings. The first kappa shape index (κ1) is 10.2. The van der Waals surface area contributed by atoms with Crippen molar-refractivity contribution >= 4 is 16.6 Å². The highest BCUT2D eigenvalue weighted by Crippen LogP contribution is 2.31. The molecule has 3 rings (SSSR count). The smallest absolute Gasteiger partial charge is 0.119 e. The van der Waals surface area contributed by atoms with Crippen molar-refractivity contribution in [1.29, 1.82) is 0 Å². The largest absolute Gasteiger partial charge is 0.497 e. The van der Waals surface area contributed by atoms with Crippen LogP contribution in [0.4, 0.5) is 0 Å². The zero-order valence-electron chi connectivity index (χ0n) is 9.66. The van der Waals surface area contributed by atoms with Gasteiger partial charge in [0, 0.05) is 10.9 Å². The summed E-state index contributed by atoms with van der Waals surface area (Å²) in [7, 11) is 1.67. The lowest BCUT2D eigenvalue weighted by atomic mass is 9.94. The number of hydrogen-bond donors (Lipinski definition) is 2. The number of oxime groups is 1. The molecule has 2 N–H and O–H groups in total. The second kappa shape index (κ2) is 3.80. The molecule has 0 amide bonds. The van der Waals surface area contributed by atoms with E-state index in [0.717, 1.165) is 41.9 Å². The predicted octanol–water partition coefficient (Wildman–Crippen LogP) is 2.69. The van der Waals surface area contributed by atoms with Gasteiger partial charge in [0.05, 0.1) is 12.8 Å². The van der Waals surface area contributed by atoms with Crippen LogP contribution in [0.2, 0.25) is 0 Å². The zero-order chi connectivity index (χ0) is 11.8. The van der Waals surface area contributed by atoms with Crippen LogP contribution < -0.4 is 4.74 Å². The molecule has 1 aliphatic carbocycles. The highest BCUT2D eigenvalue weighted by molar-refractivity contribution is 6.06. The zero-order valence-corrected chi connectivity index (χ0v) is 9.66. The minimum Gasteiger partial charge on any atom is -0.497 e. The average molecular weight is 230 g/mol. The molecule has 4 nitrogen and oxygen atoms in total. The molecule has 0 saturated heterocycles. The number of hydrogen-bond acceptors (Lipinski definition) is 3. The fourth-order valence-corrected chi connectivity index (χ4v) is 2.52. The van der Waals surface area contributed by atoms with Gasteiger partial charge in [-0.25, -0.2) is 0 Å². The Morgan fingerprint density at radius 3 is 3.00 bits per heavy atom. The number of aromatic amines is 1. The minimum absolute atomic E-state index is 0.751. The van der Waals surface area contributed by atoms with Crippen LogP contribution in [-0.2, 0) is 6.42 Å². The molecule has 0 spiro atoms. The molecule has 1 aromatic heterocycles. The second-order valence-corrected chi connectivity index (χ2v) is 4.29. The van der Waals surface area contributed by atoms with Crippen LogP contribution in [-0.4, -0.2) is 23.0 Å². The van der Waals surface area contributed by atoms with E-state index in [-0.39, 0.29) is 0 Å². The first-order valence-electron chi connectivity index (χ1n) is 5.73. The fraction of sp³-hybridized carbons (Fsp3) is 0.308. The molecule has 0 atom stereocenters. The Balaban J connectivity index is 2.27. The number of nitrogens with one attached hydrogen (secondary N) is 1. The van der Waals surface area contributed by atoms with Gasteiger partial charge in [-0.05, 0) is 43.0 Å². The minimum atomic E-state index is 0.751. The lowest BCUT2D eigenvalue weighted by Crippen LogP contribution is -2.10. The molecule has 0 saturated carbocycles. The Morgan fingerprint density at radius 2 is 2.24 bits per heavy atom. The number of aryl methyl sites for hydroxylation is 1. The second-order valence-electron chi connectivity index (χ2n) is 4.29. The molecule has 1 aliphatic rings. The van der Waals surface area contributed by atoms with E-state index in [1.807, 2.05) is 18.2 Å². The Morgan fingerprint density at radius 1 is 1.35 bits per heavy atom. The van der Waals surface area contributed by atoms with Gasteiger partial charge >= 0.3 is 0 Å². The summed E-state index contributed by atoms with van der Waals surface area (Å²) in [5.74, 6) is 0.854. The van der Waals surface area contributed by atoms with Crippen molar-refractivity contribution in [3.63, 3.8) is 0 Å². The van der Waals surface area contributed by atoms with E-state index in [9.17, 15) is 0 Å². The first-order chi connectivity index (χ1) is 8.33. The van der Waals surface area contributed by atoms with Crippen molar-refractivity contribution in [2.24, 2.45) is 5.16 Å². The van der Waals surface area contributed by atoms with Crippen molar-refractivity contribution in [3.05, 3.63) is 29.5 Å². The maximum absolute atomic E-state index is 9.01. The van der Waals surface area contributed by atoms with Crippen molar-refractivity contribution in [2.45, 2.75) is 19.3 Å². The molecule has 1 heterocycles. The van der Waals surface area contributed by atoms with E-state index in [0.29, 0.717) is 0 Å². The van der Waals surface area contributed by atoms with Crippen LogP contribution in [0.3, 0.4) is 0 Å². The number of aromatic nitrogens is 1. The molecule has 0 bridgehead atoms. The predicted molar refractivity (Wildman–Crippen MR) is 66.1 cm³/mol. The number of fused-ring (bicyclic) bond motifs is 3.